The van der Waals surface area contributed by atoms with Crippen LogP contribution in [0.5, 0.6) is 5.75 Å². The predicted octanol–water partition coefficient (Wildman–Crippen LogP) is 5.75. The largest absolute Gasteiger partial charge is 0.490 e. The van der Waals surface area contributed by atoms with E-state index in [1.54, 1.807) is 30.3 Å². The molecule has 0 aliphatic rings. The van der Waals surface area contributed by atoms with Crippen LogP contribution in [0.2, 0.25) is 5.02 Å². The number of aliphatic hydroxyl groups excluding tert-OH is 1. The number of aliphatic hydroxyl groups is 1. The van der Waals surface area contributed by atoms with Crippen LogP contribution in [0.15, 0.2) is 66.7 Å². The predicted molar refractivity (Wildman–Crippen MR) is 132 cm³/mol. The van der Waals surface area contributed by atoms with E-state index in [2.05, 4.69) is 24.4 Å². The lowest BCUT2D eigenvalue weighted by Crippen LogP contribution is -2.32. The number of carboxylic acids is 1. The van der Waals surface area contributed by atoms with Crippen LogP contribution in [0.1, 0.15) is 48.4 Å². The van der Waals surface area contributed by atoms with Gasteiger partial charge in [-0.15, -0.1) is 0 Å². The second kappa shape index (κ2) is 11.3. The summed E-state index contributed by atoms with van der Waals surface area (Å²) in [5.74, 6) is -0.633. The zero-order chi connectivity index (χ0) is 24.0. The minimum atomic E-state index is -1.00. The molecule has 0 unspecified atom stereocenters. The molecule has 0 spiro atoms. The van der Waals surface area contributed by atoms with Gasteiger partial charge in [0.1, 0.15) is 11.3 Å². The summed E-state index contributed by atoms with van der Waals surface area (Å²) in [6, 6.07) is 20.7. The van der Waals surface area contributed by atoms with Crippen molar-refractivity contribution in [2.24, 2.45) is 0 Å². The maximum atomic E-state index is 11.5. The Morgan fingerprint density at radius 2 is 1.61 bits per heavy atom. The number of aromatic carboxylic acids is 1. The second-order valence-corrected chi connectivity index (χ2v) is 8.90. The van der Waals surface area contributed by atoms with Gasteiger partial charge in [0.05, 0.1) is 12.2 Å². The minimum Gasteiger partial charge on any atom is -0.490 e. The smallest absolute Gasteiger partial charge is 0.339 e. The van der Waals surface area contributed by atoms with Crippen molar-refractivity contribution in [1.29, 1.82) is 0 Å². The number of ether oxygens (including phenoxy) is 1. The molecule has 0 fully saturated rings. The Hall–Kier alpha value is -2.86. The molecule has 0 amide bonds. The van der Waals surface area contributed by atoms with E-state index in [9.17, 15) is 15.0 Å². The SMILES string of the molecule is CC(C)Oc1cc(-c2ccc(C[C@@H](C)NC[C@H](O)c3ccc(Cl)cc3)cc2)ccc1C(=O)O. The highest BCUT2D eigenvalue weighted by molar-refractivity contribution is 6.30. The van der Waals surface area contributed by atoms with E-state index >= 15 is 0 Å². The van der Waals surface area contributed by atoms with E-state index in [-0.39, 0.29) is 17.7 Å². The first-order valence-corrected chi connectivity index (χ1v) is 11.4. The molecule has 33 heavy (non-hydrogen) atoms. The fraction of sp³-hybridized carbons (Fsp3) is 0.296. The summed E-state index contributed by atoms with van der Waals surface area (Å²) < 4.78 is 5.71. The normalized spacial score (nSPS) is 13.0. The second-order valence-electron chi connectivity index (χ2n) is 8.46. The van der Waals surface area contributed by atoms with E-state index in [0.29, 0.717) is 17.3 Å². The maximum Gasteiger partial charge on any atom is 0.339 e. The Morgan fingerprint density at radius 3 is 2.21 bits per heavy atom. The molecule has 3 aromatic rings. The quantitative estimate of drug-likeness (QED) is 0.354. The molecule has 3 N–H and O–H groups in total. The highest BCUT2D eigenvalue weighted by atomic mass is 35.5. The summed E-state index contributed by atoms with van der Waals surface area (Å²) in [5, 5.41) is 23.8. The summed E-state index contributed by atoms with van der Waals surface area (Å²) in [6.45, 7) is 6.28. The van der Waals surface area contributed by atoms with Gasteiger partial charge in [-0.2, -0.15) is 0 Å². The lowest BCUT2D eigenvalue weighted by molar-refractivity contribution is 0.0690. The Labute approximate surface area is 200 Å². The van der Waals surface area contributed by atoms with Crippen LogP contribution >= 0.6 is 11.6 Å². The standard InChI is InChI=1S/C27H30ClNO4/c1-17(2)33-26-15-22(10-13-24(26)27(31)32)20-6-4-19(5-7-20)14-18(3)29-16-25(30)21-8-11-23(28)12-9-21/h4-13,15,17-18,25,29-30H,14,16H2,1-3H3,(H,31,32)/t18-,25+/m1/s1. The summed E-state index contributed by atoms with van der Waals surface area (Å²) in [7, 11) is 0. The van der Waals surface area contributed by atoms with Gasteiger partial charge in [0, 0.05) is 17.6 Å². The van der Waals surface area contributed by atoms with Gasteiger partial charge in [0.15, 0.2) is 0 Å². The topological polar surface area (TPSA) is 78.8 Å². The molecular weight excluding hydrogens is 438 g/mol. The van der Waals surface area contributed by atoms with Gasteiger partial charge >= 0.3 is 5.97 Å². The molecule has 3 rings (SSSR count). The van der Waals surface area contributed by atoms with Crippen molar-refractivity contribution in [2.75, 3.05) is 6.54 Å². The molecule has 0 saturated carbocycles. The minimum absolute atomic E-state index is 0.118. The Kier molecular flexibility index (Phi) is 8.50. The molecule has 0 aliphatic heterocycles. The average Bonchev–Trinajstić information content (AvgIpc) is 2.78. The van der Waals surface area contributed by atoms with Crippen molar-refractivity contribution in [3.63, 3.8) is 0 Å². The first-order chi connectivity index (χ1) is 15.7. The highest BCUT2D eigenvalue weighted by Gasteiger charge is 2.14. The zero-order valence-corrected chi connectivity index (χ0v) is 19.8. The summed E-state index contributed by atoms with van der Waals surface area (Å²) >= 11 is 5.90. The van der Waals surface area contributed by atoms with Gasteiger partial charge in [-0.05, 0) is 73.7 Å². The third kappa shape index (κ3) is 7.06. The van der Waals surface area contributed by atoms with Crippen LogP contribution < -0.4 is 10.1 Å². The number of halogens is 1. The van der Waals surface area contributed by atoms with E-state index in [0.717, 1.165) is 23.1 Å². The zero-order valence-electron chi connectivity index (χ0n) is 19.1. The number of benzene rings is 3. The third-order valence-corrected chi connectivity index (χ3v) is 5.57. The van der Waals surface area contributed by atoms with E-state index < -0.39 is 12.1 Å². The fourth-order valence-electron chi connectivity index (χ4n) is 3.60. The van der Waals surface area contributed by atoms with Crippen molar-refractivity contribution in [2.45, 2.75) is 45.4 Å². The van der Waals surface area contributed by atoms with Crippen molar-refractivity contribution in [1.82, 2.24) is 5.32 Å². The maximum absolute atomic E-state index is 11.5. The summed E-state index contributed by atoms with van der Waals surface area (Å²) in [5.41, 5.74) is 4.05. The number of hydrogen-bond donors (Lipinski definition) is 3. The van der Waals surface area contributed by atoms with Crippen LogP contribution in [0.25, 0.3) is 11.1 Å². The van der Waals surface area contributed by atoms with Gasteiger partial charge in [-0.3, -0.25) is 0 Å². The highest BCUT2D eigenvalue weighted by Crippen LogP contribution is 2.29. The number of hydrogen-bond acceptors (Lipinski definition) is 4. The van der Waals surface area contributed by atoms with Crippen molar-refractivity contribution >= 4 is 17.6 Å². The summed E-state index contributed by atoms with van der Waals surface area (Å²) in [6.07, 6.45) is 0.101. The molecule has 0 heterocycles. The molecular formula is C27H30ClNO4. The first-order valence-electron chi connectivity index (χ1n) is 11.0. The van der Waals surface area contributed by atoms with Crippen molar-refractivity contribution in [3.8, 4) is 16.9 Å². The van der Waals surface area contributed by atoms with E-state index in [1.807, 2.05) is 38.1 Å². The lowest BCUT2D eigenvalue weighted by atomic mass is 9.99. The van der Waals surface area contributed by atoms with E-state index in [4.69, 9.17) is 16.3 Å². The van der Waals surface area contributed by atoms with Crippen molar-refractivity contribution < 1.29 is 19.7 Å². The Morgan fingerprint density at radius 1 is 0.970 bits per heavy atom. The third-order valence-electron chi connectivity index (χ3n) is 5.32. The fourth-order valence-corrected chi connectivity index (χ4v) is 3.73. The number of nitrogens with one attached hydrogen (secondary N) is 1. The van der Waals surface area contributed by atoms with Crippen LogP contribution in [-0.2, 0) is 6.42 Å². The van der Waals surface area contributed by atoms with E-state index in [1.165, 1.54) is 5.56 Å². The number of carboxylic acid groups (broad SMARTS) is 1. The van der Waals surface area contributed by atoms with Crippen LogP contribution in [0.4, 0.5) is 0 Å². The first kappa shape index (κ1) is 24.8. The molecule has 0 aromatic heterocycles. The van der Waals surface area contributed by atoms with Gasteiger partial charge in [-0.1, -0.05) is 54.1 Å². The molecule has 0 aliphatic carbocycles. The molecule has 2 atom stereocenters. The molecule has 5 nitrogen and oxygen atoms in total. The molecule has 0 radical (unpaired) electrons. The molecule has 0 saturated heterocycles. The monoisotopic (exact) mass is 467 g/mol. The Balaban J connectivity index is 1.61. The Bertz CT molecular complexity index is 1060. The van der Waals surface area contributed by atoms with Gasteiger partial charge in [-0.25, -0.2) is 4.79 Å². The molecule has 6 heteroatoms. The molecule has 3 aromatic carbocycles. The van der Waals surface area contributed by atoms with Gasteiger partial charge in [0.2, 0.25) is 0 Å². The van der Waals surface area contributed by atoms with Crippen LogP contribution in [0.3, 0.4) is 0 Å². The van der Waals surface area contributed by atoms with Crippen molar-refractivity contribution in [3.05, 3.63) is 88.4 Å². The molecule has 174 valence electrons. The van der Waals surface area contributed by atoms with Crippen LogP contribution in [-0.4, -0.2) is 34.9 Å². The average molecular weight is 468 g/mol. The van der Waals surface area contributed by atoms with Gasteiger partial charge in [0.25, 0.3) is 0 Å². The number of rotatable bonds is 10. The molecule has 0 bridgehead atoms. The number of carbonyl (C=O) groups is 1. The van der Waals surface area contributed by atoms with Gasteiger partial charge < -0.3 is 20.3 Å². The lowest BCUT2D eigenvalue weighted by Gasteiger charge is -2.18. The summed E-state index contributed by atoms with van der Waals surface area (Å²) in [4.78, 5) is 11.5. The van der Waals surface area contributed by atoms with Crippen LogP contribution in [0, 0.1) is 0 Å².